The van der Waals surface area contributed by atoms with E-state index in [-0.39, 0.29) is 23.9 Å². The molecule has 2 aromatic carbocycles. The van der Waals surface area contributed by atoms with Crippen molar-refractivity contribution in [1.29, 1.82) is 0 Å². The summed E-state index contributed by atoms with van der Waals surface area (Å²) in [6, 6.07) is 11.5. The van der Waals surface area contributed by atoms with Crippen LogP contribution in [0.2, 0.25) is 0 Å². The fraction of sp³-hybridized carbons (Fsp3) is 0.391. The lowest BCUT2D eigenvalue weighted by Gasteiger charge is -2.19. The van der Waals surface area contributed by atoms with E-state index in [9.17, 15) is 13.2 Å². The number of urea groups is 1. The number of aromatic nitrogens is 1. The van der Waals surface area contributed by atoms with E-state index in [0.29, 0.717) is 30.9 Å². The molecule has 0 saturated carbocycles. The molecule has 2 fully saturated rings. The molecule has 0 bridgehead atoms. The van der Waals surface area contributed by atoms with Crippen LogP contribution in [0.5, 0.6) is 0 Å². The monoisotopic (exact) mass is 454 g/mol. The number of fused-ring (bicyclic) bond motifs is 2. The molecule has 9 heteroatoms. The van der Waals surface area contributed by atoms with Crippen molar-refractivity contribution in [3.63, 3.8) is 0 Å². The number of hydrogen-bond acceptors (Lipinski definition) is 5. The quantitative estimate of drug-likeness (QED) is 0.637. The van der Waals surface area contributed by atoms with E-state index in [1.807, 2.05) is 24.3 Å². The highest BCUT2D eigenvalue weighted by atomic mass is 32.2. The number of carbonyl (C=O) groups is 1. The van der Waals surface area contributed by atoms with E-state index >= 15 is 0 Å². The van der Waals surface area contributed by atoms with Crippen LogP contribution in [0.1, 0.15) is 24.5 Å². The zero-order valence-corrected chi connectivity index (χ0v) is 19.1. The molecule has 2 saturated heterocycles. The minimum atomic E-state index is -3.31. The van der Waals surface area contributed by atoms with Crippen LogP contribution in [0.4, 0.5) is 10.6 Å². The largest absolute Gasteiger partial charge is 0.354 e. The molecule has 2 amide bonds. The molecule has 3 heterocycles. The van der Waals surface area contributed by atoms with Gasteiger partial charge >= 0.3 is 6.03 Å². The smallest absolute Gasteiger partial charge is 0.326 e. The van der Waals surface area contributed by atoms with Gasteiger partial charge in [-0.1, -0.05) is 35.5 Å². The van der Waals surface area contributed by atoms with Gasteiger partial charge in [0, 0.05) is 19.1 Å². The van der Waals surface area contributed by atoms with Crippen molar-refractivity contribution in [2.24, 2.45) is 0 Å². The predicted octanol–water partition coefficient (Wildman–Crippen LogP) is 3.43. The second kappa shape index (κ2) is 7.60. The molecule has 2 aliphatic rings. The summed E-state index contributed by atoms with van der Waals surface area (Å²) in [5.41, 5.74) is 5.02. The van der Waals surface area contributed by atoms with Gasteiger partial charge in [0.2, 0.25) is 10.0 Å². The number of carbonyl (C=O) groups excluding carboxylic acids is 1. The normalized spacial score (nSPS) is 21.0. The van der Waals surface area contributed by atoms with Crippen molar-refractivity contribution in [2.75, 3.05) is 23.7 Å². The maximum Gasteiger partial charge on any atom is 0.326 e. The number of sulfonamides is 1. The molecular weight excluding hydrogens is 428 g/mol. The molecule has 168 valence electrons. The zero-order valence-electron chi connectivity index (χ0n) is 18.3. The number of rotatable bonds is 5. The van der Waals surface area contributed by atoms with Crippen LogP contribution in [0, 0.1) is 13.8 Å². The van der Waals surface area contributed by atoms with Crippen LogP contribution >= 0.6 is 0 Å². The van der Waals surface area contributed by atoms with Crippen LogP contribution < -0.4 is 9.62 Å². The van der Waals surface area contributed by atoms with Gasteiger partial charge in [-0.3, -0.25) is 4.90 Å². The predicted molar refractivity (Wildman–Crippen MR) is 123 cm³/mol. The van der Waals surface area contributed by atoms with Crippen molar-refractivity contribution in [1.82, 2.24) is 14.8 Å². The Kier molecular flexibility index (Phi) is 4.98. The molecule has 0 aliphatic carbocycles. The van der Waals surface area contributed by atoms with Gasteiger partial charge in [0.25, 0.3) is 0 Å². The Bertz CT molecular complexity index is 1300. The minimum absolute atomic E-state index is 0.0280. The topological polar surface area (TPSA) is 95.7 Å². The highest BCUT2D eigenvalue weighted by Crippen LogP contribution is 2.40. The summed E-state index contributed by atoms with van der Waals surface area (Å²) < 4.78 is 32.2. The van der Waals surface area contributed by atoms with E-state index in [0.717, 1.165) is 27.6 Å². The number of aryl methyl sites for hydroxylation is 2. The summed E-state index contributed by atoms with van der Waals surface area (Å²) in [4.78, 5) is 16.7. The van der Waals surface area contributed by atoms with Crippen molar-refractivity contribution in [3.05, 3.63) is 47.5 Å². The first-order valence-corrected chi connectivity index (χ1v) is 12.5. The molecule has 0 spiro atoms. The van der Waals surface area contributed by atoms with Gasteiger partial charge < -0.3 is 9.42 Å². The summed E-state index contributed by atoms with van der Waals surface area (Å²) in [6.45, 7) is 6.56. The van der Waals surface area contributed by atoms with Crippen molar-refractivity contribution in [3.8, 4) is 11.1 Å². The van der Waals surface area contributed by atoms with Crippen LogP contribution in [-0.2, 0) is 10.0 Å². The van der Waals surface area contributed by atoms with Crippen LogP contribution in [0.15, 0.2) is 40.9 Å². The molecule has 2 aliphatic heterocycles. The third-order valence-electron chi connectivity index (χ3n) is 6.50. The first-order valence-electron chi connectivity index (χ1n) is 10.8. The van der Waals surface area contributed by atoms with Gasteiger partial charge in [-0.25, -0.2) is 17.9 Å². The third kappa shape index (κ3) is 3.36. The number of benzene rings is 2. The van der Waals surface area contributed by atoms with Gasteiger partial charge in [-0.2, -0.15) is 0 Å². The molecule has 0 radical (unpaired) electrons. The number of hydrogen-bond donors (Lipinski definition) is 1. The van der Waals surface area contributed by atoms with Gasteiger partial charge in [0.1, 0.15) is 0 Å². The average Bonchev–Trinajstić information content (AvgIpc) is 3.42. The molecular formula is C23H26N4O4S. The molecule has 5 rings (SSSR count). The number of nitrogens with zero attached hydrogens (tertiary/aromatic N) is 3. The molecule has 8 nitrogen and oxygen atoms in total. The average molecular weight is 455 g/mol. The van der Waals surface area contributed by atoms with Crippen LogP contribution in [-0.4, -0.2) is 55.4 Å². The highest BCUT2D eigenvalue weighted by Gasteiger charge is 2.46. The van der Waals surface area contributed by atoms with Crippen molar-refractivity contribution >= 4 is 32.8 Å². The Balaban J connectivity index is 1.50. The highest BCUT2D eigenvalue weighted by molar-refractivity contribution is 7.89. The standard InChI is InChI=1S/C23H26N4O4S/c1-4-32(29,30)25-16-11-17-13-27(23(28)26(17)12-16)22-21-18(9-6-10-19(21)31-24-22)20-14(2)7-5-8-15(20)3/h5-10,16-17,25H,4,11-13H2,1-3H3/t16-,17-/m0/s1. The fourth-order valence-electron chi connectivity index (χ4n) is 4.98. The SMILES string of the molecule is CCS(=O)(=O)N[C@H]1C[C@H]2CN(c3noc4cccc(-c5c(C)cccc5C)c34)C(=O)N2C1. The Morgan fingerprint density at radius 1 is 1.12 bits per heavy atom. The number of nitrogens with one attached hydrogen (secondary N) is 1. The third-order valence-corrected chi connectivity index (χ3v) is 7.95. The maximum atomic E-state index is 13.3. The Morgan fingerprint density at radius 2 is 1.84 bits per heavy atom. The van der Waals surface area contributed by atoms with Crippen molar-refractivity contribution < 1.29 is 17.7 Å². The first kappa shape index (κ1) is 21.0. The molecule has 1 aromatic heterocycles. The number of amides is 2. The molecule has 32 heavy (non-hydrogen) atoms. The van der Waals surface area contributed by atoms with Crippen molar-refractivity contribution in [2.45, 2.75) is 39.3 Å². The fourth-order valence-corrected chi connectivity index (χ4v) is 5.82. The lowest BCUT2D eigenvalue weighted by Crippen LogP contribution is -2.41. The summed E-state index contributed by atoms with van der Waals surface area (Å²) in [7, 11) is -3.31. The van der Waals surface area contributed by atoms with Gasteiger partial charge in [-0.15, -0.1) is 0 Å². The van der Waals surface area contributed by atoms with Crippen LogP contribution in [0.3, 0.4) is 0 Å². The lowest BCUT2D eigenvalue weighted by atomic mass is 9.93. The van der Waals surface area contributed by atoms with Crippen LogP contribution in [0.25, 0.3) is 22.1 Å². The van der Waals surface area contributed by atoms with E-state index < -0.39 is 10.0 Å². The minimum Gasteiger partial charge on any atom is -0.354 e. The Labute approximate surface area is 187 Å². The second-order valence-electron chi connectivity index (χ2n) is 8.60. The zero-order chi connectivity index (χ0) is 22.6. The van der Waals surface area contributed by atoms with E-state index in [1.165, 1.54) is 0 Å². The van der Waals surface area contributed by atoms with Gasteiger partial charge in [-0.05, 0) is 55.5 Å². The summed E-state index contributed by atoms with van der Waals surface area (Å²) in [5.74, 6) is 0.545. The lowest BCUT2D eigenvalue weighted by molar-refractivity contribution is 0.218. The van der Waals surface area contributed by atoms with Gasteiger partial charge in [0.15, 0.2) is 11.4 Å². The second-order valence-corrected chi connectivity index (χ2v) is 10.6. The summed E-state index contributed by atoms with van der Waals surface area (Å²) in [5, 5.41) is 5.11. The Hall–Kier alpha value is -2.91. The maximum absolute atomic E-state index is 13.3. The van der Waals surface area contributed by atoms with E-state index in [1.54, 1.807) is 16.7 Å². The Morgan fingerprint density at radius 3 is 2.53 bits per heavy atom. The van der Waals surface area contributed by atoms with E-state index in [4.69, 9.17) is 4.52 Å². The molecule has 0 unspecified atom stereocenters. The summed E-state index contributed by atoms with van der Waals surface area (Å²) >= 11 is 0. The molecule has 3 aromatic rings. The summed E-state index contributed by atoms with van der Waals surface area (Å²) in [6.07, 6.45) is 0.584. The van der Waals surface area contributed by atoms with Gasteiger partial charge in [0.05, 0.1) is 17.2 Å². The molecule has 1 N–H and O–H groups in total. The first-order chi connectivity index (χ1) is 15.3. The number of anilines is 1. The van der Waals surface area contributed by atoms with E-state index in [2.05, 4.69) is 35.9 Å². The molecule has 2 atom stereocenters.